The van der Waals surface area contributed by atoms with Gasteiger partial charge >= 0.3 is 0 Å². The van der Waals surface area contributed by atoms with Gasteiger partial charge in [0.15, 0.2) is 0 Å². The topological polar surface area (TPSA) is 32.3 Å². The zero-order valence-electron chi connectivity index (χ0n) is 13.0. The van der Waals surface area contributed by atoms with Crippen LogP contribution in [0.15, 0.2) is 47.4 Å². The van der Waals surface area contributed by atoms with Gasteiger partial charge in [0.05, 0.1) is 17.3 Å². The molecule has 0 bridgehead atoms. The number of nitrogens with zero attached hydrogens (tertiary/aromatic N) is 1. The van der Waals surface area contributed by atoms with Crippen molar-refractivity contribution in [1.82, 2.24) is 4.90 Å². The molecule has 0 saturated carbocycles. The molecule has 0 saturated heterocycles. The van der Waals surface area contributed by atoms with E-state index in [4.69, 9.17) is 23.2 Å². The Labute approximate surface area is 151 Å². The van der Waals surface area contributed by atoms with Crippen LogP contribution in [0.4, 0.5) is 5.69 Å². The van der Waals surface area contributed by atoms with Crippen molar-refractivity contribution in [1.29, 1.82) is 0 Å². The number of thioether (sulfide) groups is 1. The van der Waals surface area contributed by atoms with Crippen LogP contribution in [0.3, 0.4) is 0 Å². The second-order valence-electron chi connectivity index (χ2n) is 5.19. The van der Waals surface area contributed by atoms with Gasteiger partial charge in [0.25, 0.3) is 0 Å². The number of hydrogen-bond donors (Lipinski definition) is 1. The first-order valence-corrected chi connectivity index (χ1v) is 9.02. The molecular formula is C17H18Cl2N2OS. The van der Waals surface area contributed by atoms with E-state index < -0.39 is 0 Å². The van der Waals surface area contributed by atoms with Crippen LogP contribution in [0.25, 0.3) is 0 Å². The molecule has 2 rings (SSSR count). The highest BCUT2D eigenvalue weighted by molar-refractivity contribution is 7.98. The van der Waals surface area contributed by atoms with E-state index in [9.17, 15) is 4.79 Å². The predicted molar refractivity (Wildman–Crippen MR) is 99.6 cm³/mol. The number of likely N-dealkylation sites (N-methyl/N-ethyl adjacent to an activating group) is 1. The van der Waals surface area contributed by atoms with Crippen molar-refractivity contribution in [2.45, 2.75) is 11.4 Å². The molecule has 0 radical (unpaired) electrons. The number of amides is 1. The third-order valence-corrected chi connectivity index (χ3v) is 4.52. The summed E-state index contributed by atoms with van der Waals surface area (Å²) >= 11 is 13.6. The normalized spacial score (nSPS) is 10.8. The summed E-state index contributed by atoms with van der Waals surface area (Å²) in [5.74, 6) is -0.113. The SMILES string of the molecule is CSc1ccc(CN(C)CC(=O)Nc2ccc(Cl)cc2Cl)cc1. The van der Waals surface area contributed by atoms with Crippen molar-refractivity contribution < 1.29 is 4.79 Å². The molecule has 23 heavy (non-hydrogen) atoms. The first kappa shape index (κ1) is 18.1. The fraction of sp³-hybridized carbons (Fsp3) is 0.235. The molecule has 122 valence electrons. The van der Waals surface area contributed by atoms with Gasteiger partial charge in [0.1, 0.15) is 0 Å². The van der Waals surface area contributed by atoms with Crippen LogP contribution < -0.4 is 5.32 Å². The Morgan fingerprint density at radius 3 is 2.48 bits per heavy atom. The molecule has 0 heterocycles. The lowest BCUT2D eigenvalue weighted by atomic mass is 10.2. The van der Waals surface area contributed by atoms with Gasteiger partial charge in [-0.3, -0.25) is 9.69 Å². The van der Waals surface area contributed by atoms with Gasteiger partial charge in [-0.1, -0.05) is 35.3 Å². The zero-order valence-corrected chi connectivity index (χ0v) is 15.3. The first-order chi connectivity index (χ1) is 11.0. The number of benzene rings is 2. The molecule has 0 aliphatic rings. The summed E-state index contributed by atoms with van der Waals surface area (Å²) in [5, 5.41) is 3.77. The van der Waals surface area contributed by atoms with Crippen LogP contribution in [-0.2, 0) is 11.3 Å². The predicted octanol–water partition coefficient (Wildman–Crippen LogP) is 4.79. The highest BCUT2D eigenvalue weighted by atomic mass is 35.5. The Morgan fingerprint density at radius 1 is 1.17 bits per heavy atom. The lowest BCUT2D eigenvalue weighted by Crippen LogP contribution is -2.29. The van der Waals surface area contributed by atoms with Crippen molar-refractivity contribution in [3.05, 3.63) is 58.1 Å². The highest BCUT2D eigenvalue weighted by Gasteiger charge is 2.10. The van der Waals surface area contributed by atoms with Gasteiger partial charge in [0, 0.05) is 16.5 Å². The molecule has 2 aromatic carbocycles. The Kier molecular flexibility index (Phi) is 6.78. The average Bonchev–Trinajstić information content (AvgIpc) is 2.50. The van der Waals surface area contributed by atoms with E-state index in [1.54, 1.807) is 30.0 Å². The van der Waals surface area contributed by atoms with Crippen molar-refractivity contribution in [2.24, 2.45) is 0 Å². The smallest absolute Gasteiger partial charge is 0.238 e. The van der Waals surface area contributed by atoms with E-state index in [0.717, 1.165) is 0 Å². The molecule has 0 aliphatic heterocycles. The summed E-state index contributed by atoms with van der Waals surface area (Å²) in [7, 11) is 1.91. The first-order valence-electron chi connectivity index (χ1n) is 7.04. The molecule has 0 atom stereocenters. The molecule has 0 spiro atoms. The quantitative estimate of drug-likeness (QED) is 0.744. The maximum Gasteiger partial charge on any atom is 0.238 e. The average molecular weight is 369 g/mol. The van der Waals surface area contributed by atoms with E-state index in [1.165, 1.54) is 10.5 Å². The van der Waals surface area contributed by atoms with Gasteiger partial charge in [0.2, 0.25) is 5.91 Å². The summed E-state index contributed by atoms with van der Waals surface area (Å²) in [6, 6.07) is 13.3. The van der Waals surface area contributed by atoms with Gasteiger partial charge in [-0.15, -0.1) is 11.8 Å². The standard InChI is InChI=1S/C17H18Cl2N2OS/c1-21(10-12-3-6-14(23-2)7-4-12)11-17(22)20-16-8-5-13(18)9-15(16)19/h3-9H,10-11H2,1-2H3,(H,20,22). The Balaban J connectivity index is 1.88. The number of hydrogen-bond acceptors (Lipinski definition) is 3. The molecular weight excluding hydrogens is 351 g/mol. The molecule has 0 unspecified atom stereocenters. The Morgan fingerprint density at radius 2 is 1.87 bits per heavy atom. The number of nitrogens with one attached hydrogen (secondary N) is 1. The fourth-order valence-electron chi connectivity index (χ4n) is 2.12. The van der Waals surface area contributed by atoms with Crippen molar-refractivity contribution in [2.75, 3.05) is 25.2 Å². The minimum absolute atomic E-state index is 0.113. The van der Waals surface area contributed by atoms with Crippen LogP contribution in [0.5, 0.6) is 0 Å². The molecule has 1 N–H and O–H groups in total. The monoisotopic (exact) mass is 368 g/mol. The number of rotatable bonds is 6. The summed E-state index contributed by atoms with van der Waals surface area (Å²) in [6.07, 6.45) is 2.05. The third-order valence-electron chi connectivity index (χ3n) is 3.23. The minimum Gasteiger partial charge on any atom is -0.324 e. The van der Waals surface area contributed by atoms with Crippen LogP contribution >= 0.6 is 35.0 Å². The molecule has 2 aromatic rings. The Bertz CT molecular complexity index is 677. The van der Waals surface area contributed by atoms with E-state index in [-0.39, 0.29) is 12.5 Å². The molecule has 0 aromatic heterocycles. The summed E-state index contributed by atoms with van der Waals surface area (Å²) in [4.78, 5) is 15.3. The summed E-state index contributed by atoms with van der Waals surface area (Å²) in [5.41, 5.74) is 1.74. The molecule has 0 aliphatic carbocycles. The molecule has 1 amide bonds. The van der Waals surface area contributed by atoms with Crippen molar-refractivity contribution in [3.63, 3.8) is 0 Å². The number of anilines is 1. The fourth-order valence-corrected chi connectivity index (χ4v) is 2.99. The van der Waals surface area contributed by atoms with Gasteiger partial charge in [-0.2, -0.15) is 0 Å². The van der Waals surface area contributed by atoms with E-state index >= 15 is 0 Å². The van der Waals surface area contributed by atoms with E-state index in [1.807, 2.05) is 18.2 Å². The van der Waals surface area contributed by atoms with Crippen LogP contribution in [0.2, 0.25) is 10.0 Å². The molecule has 0 fully saturated rings. The van der Waals surface area contributed by atoms with Gasteiger partial charge < -0.3 is 5.32 Å². The van der Waals surface area contributed by atoms with Crippen LogP contribution in [0.1, 0.15) is 5.56 Å². The van der Waals surface area contributed by atoms with Crippen molar-refractivity contribution >= 4 is 46.6 Å². The molecule has 3 nitrogen and oxygen atoms in total. The van der Waals surface area contributed by atoms with E-state index in [0.29, 0.717) is 22.3 Å². The van der Waals surface area contributed by atoms with E-state index in [2.05, 4.69) is 29.6 Å². The third kappa shape index (κ3) is 5.74. The lowest BCUT2D eigenvalue weighted by molar-refractivity contribution is -0.117. The minimum atomic E-state index is -0.113. The molecule has 6 heteroatoms. The van der Waals surface area contributed by atoms with Crippen LogP contribution in [0, 0.1) is 0 Å². The second-order valence-corrected chi connectivity index (χ2v) is 6.92. The summed E-state index contributed by atoms with van der Waals surface area (Å²) in [6.45, 7) is 0.986. The maximum atomic E-state index is 12.1. The van der Waals surface area contributed by atoms with Gasteiger partial charge in [-0.05, 0) is 49.2 Å². The van der Waals surface area contributed by atoms with Crippen LogP contribution in [-0.4, -0.2) is 30.7 Å². The zero-order chi connectivity index (χ0) is 16.8. The number of halogens is 2. The highest BCUT2D eigenvalue weighted by Crippen LogP contribution is 2.25. The van der Waals surface area contributed by atoms with Crippen molar-refractivity contribution in [3.8, 4) is 0 Å². The Hall–Kier alpha value is -1.20. The number of carbonyl (C=O) groups is 1. The second kappa shape index (κ2) is 8.60. The van der Waals surface area contributed by atoms with Gasteiger partial charge in [-0.25, -0.2) is 0 Å². The summed E-state index contributed by atoms with van der Waals surface area (Å²) < 4.78 is 0. The number of carbonyl (C=O) groups excluding carboxylic acids is 1. The lowest BCUT2D eigenvalue weighted by Gasteiger charge is -2.17. The maximum absolute atomic E-state index is 12.1. The largest absolute Gasteiger partial charge is 0.324 e.